The van der Waals surface area contributed by atoms with E-state index in [1.54, 1.807) is 17.7 Å². The number of allylic oxidation sites excluding steroid dienone is 1. The van der Waals surface area contributed by atoms with Gasteiger partial charge in [0.1, 0.15) is 11.9 Å². The van der Waals surface area contributed by atoms with Crippen molar-refractivity contribution in [3.63, 3.8) is 0 Å². The Morgan fingerprint density at radius 2 is 1.74 bits per heavy atom. The number of hydrogen-bond donors (Lipinski definition) is 0. The number of rotatable bonds is 9. The van der Waals surface area contributed by atoms with Gasteiger partial charge in [-0.1, -0.05) is 70.9 Å². The van der Waals surface area contributed by atoms with Crippen molar-refractivity contribution in [3.05, 3.63) is 38.8 Å². The van der Waals surface area contributed by atoms with Crippen LogP contribution in [0.4, 0.5) is 4.79 Å². The summed E-state index contributed by atoms with van der Waals surface area (Å²) in [6, 6.07) is 5.42. The molecule has 3 saturated carbocycles. The Balaban J connectivity index is 1.17. The second-order valence-corrected chi connectivity index (χ2v) is 15.3. The zero-order valence-corrected chi connectivity index (χ0v) is 27.5. The molecule has 5 rings (SSSR count). The average Bonchev–Trinajstić information content (AvgIpc) is 3.24. The highest BCUT2D eigenvalue weighted by Crippen LogP contribution is 2.66. The molecule has 1 aromatic rings. The van der Waals surface area contributed by atoms with E-state index < -0.39 is 6.16 Å². The summed E-state index contributed by atoms with van der Waals surface area (Å²) in [7, 11) is 0. The molecule has 0 saturated heterocycles. The van der Waals surface area contributed by atoms with Crippen LogP contribution in [0.3, 0.4) is 0 Å². The minimum absolute atomic E-state index is 0.0886. The fourth-order valence-corrected chi connectivity index (χ4v) is 9.88. The number of unbranched alkanes of at least 4 members (excludes halogenated alkanes) is 5. The fourth-order valence-electron chi connectivity index (χ4n) is 9.28. The predicted octanol–water partition coefficient (Wildman–Crippen LogP) is 11.4. The van der Waals surface area contributed by atoms with Crippen LogP contribution in [0.2, 0.25) is 0 Å². The number of hydrogen-bond acceptors (Lipinski definition) is 3. The third-order valence-corrected chi connectivity index (χ3v) is 13.4. The van der Waals surface area contributed by atoms with Crippen LogP contribution in [-0.4, -0.2) is 12.3 Å². The van der Waals surface area contributed by atoms with Crippen LogP contribution in [0.15, 0.2) is 38.8 Å². The van der Waals surface area contributed by atoms with Crippen LogP contribution >= 0.6 is 31.9 Å². The molecule has 7 atom stereocenters. The van der Waals surface area contributed by atoms with Crippen LogP contribution in [0.1, 0.15) is 117 Å². The smallest absolute Gasteiger partial charge is 0.430 e. The van der Waals surface area contributed by atoms with E-state index in [0.29, 0.717) is 11.2 Å². The summed E-state index contributed by atoms with van der Waals surface area (Å²) in [6.45, 7) is 7.51. The molecule has 0 heterocycles. The molecule has 0 N–H and O–H groups in total. The molecule has 0 aromatic heterocycles. The summed E-state index contributed by atoms with van der Waals surface area (Å²) in [4.78, 5) is 12.6. The first-order valence-electron chi connectivity index (χ1n) is 15.8. The monoisotopic (exact) mass is 662 g/mol. The van der Waals surface area contributed by atoms with E-state index in [-0.39, 0.29) is 11.5 Å². The highest BCUT2D eigenvalue weighted by Gasteiger charge is 2.58. The second kappa shape index (κ2) is 12.6. The molecule has 0 spiro atoms. The van der Waals surface area contributed by atoms with Gasteiger partial charge in [-0.25, -0.2) is 4.79 Å². The molecular weight excluding hydrogens is 616 g/mol. The van der Waals surface area contributed by atoms with Crippen molar-refractivity contribution in [1.29, 1.82) is 0 Å². The van der Waals surface area contributed by atoms with Crippen molar-refractivity contribution in [2.75, 3.05) is 0 Å². The van der Waals surface area contributed by atoms with Crippen molar-refractivity contribution in [2.45, 2.75) is 123 Å². The lowest BCUT2D eigenvalue weighted by molar-refractivity contribution is -0.0538. The maximum Gasteiger partial charge on any atom is 0.514 e. The van der Waals surface area contributed by atoms with E-state index in [1.807, 2.05) is 6.07 Å². The normalized spacial score (nSPS) is 35.4. The zero-order chi connectivity index (χ0) is 27.6. The zero-order valence-electron chi connectivity index (χ0n) is 24.3. The van der Waals surface area contributed by atoms with Gasteiger partial charge in [0.25, 0.3) is 0 Å². The third kappa shape index (κ3) is 6.20. The summed E-state index contributed by atoms with van der Waals surface area (Å²) in [5, 5.41) is 0. The van der Waals surface area contributed by atoms with Gasteiger partial charge in [0.05, 0.1) is 0 Å². The largest absolute Gasteiger partial charge is 0.514 e. The molecule has 0 aliphatic heterocycles. The summed E-state index contributed by atoms with van der Waals surface area (Å²) >= 11 is 6.92. The van der Waals surface area contributed by atoms with Gasteiger partial charge in [0.2, 0.25) is 0 Å². The lowest BCUT2D eigenvalue weighted by atomic mass is 9.47. The van der Waals surface area contributed by atoms with E-state index in [1.165, 1.54) is 77.0 Å². The van der Waals surface area contributed by atoms with Gasteiger partial charge in [-0.15, -0.1) is 0 Å². The van der Waals surface area contributed by atoms with Gasteiger partial charge in [0.15, 0.2) is 0 Å². The Bertz CT molecular complexity index is 1050. The number of ether oxygens (including phenoxy) is 2. The maximum atomic E-state index is 12.6. The molecule has 1 aromatic carbocycles. The summed E-state index contributed by atoms with van der Waals surface area (Å²) < 4.78 is 13.1. The Kier molecular flexibility index (Phi) is 9.58. The first kappa shape index (κ1) is 29.7. The van der Waals surface area contributed by atoms with Crippen LogP contribution in [-0.2, 0) is 4.74 Å². The summed E-state index contributed by atoms with van der Waals surface area (Å²) in [5.41, 5.74) is 2.37. The van der Waals surface area contributed by atoms with E-state index in [2.05, 4.69) is 58.7 Å². The molecule has 0 bridgehead atoms. The predicted molar refractivity (Wildman–Crippen MR) is 166 cm³/mol. The molecule has 39 heavy (non-hydrogen) atoms. The van der Waals surface area contributed by atoms with Crippen molar-refractivity contribution in [1.82, 2.24) is 0 Å². The molecule has 3 fully saturated rings. The molecule has 4 aliphatic carbocycles. The van der Waals surface area contributed by atoms with Crippen LogP contribution in [0.5, 0.6) is 5.75 Å². The molecule has 3 nitrogen and oxygen atoms in total. The van der Waals surface area contributed by atoms with Crippen LogP contribution < -0.4 is 4.74 Å². The minimum atomic E-state index is -0.595. The Morgan fingerprint density at radius 1 is 0.949 bits per heavy atom. The van der Waals surface area contributed by atoms with Gasteiger partial charge in [-0.3, -0.25) is 0 Å². The highest BCUT2D eigenvalue weighted by molar-refractivity contribution is 9.13. The number of halogens is 2. The first-order chi connectivity index (χ1) is 18.7. The highest BCUT2D eigenvalue weighted by atomic mass is 79.9. The van der Waals surface area contributed by atoms with Gasteiger partial charge in [0, 0.05) is 15.4 Å². The number of carbonyl (C=O) groups excluding carboxylic acids is 1. The van der Waals surface area contributed by atoms with Crippen LogP contribution in [0.25, 0.3) is 0 Å². The van der Waals surface area contributed by atoms with Gasteiger partial charge in [-0.2, -0.15) is 0 Å². The van der Waals surface area contributed by atoms with Crippen molar-refractivity contribution >= 4 is 38.0 Å². The van der Waals surface area contributed by atoms with Gasteiger partial charge >= 0.3 is 6.16 Å². The fraction of sp³-hybridized carbons (Fsp3) is 0.735. The molecule has 0 radical (unpaired) electrons. The first-order valence-corrected chi connectivity index (χ1v) is 17.4. The molecule has 0 amide bonds. The molecule has 4 aliphatic rings. The minimum Gasteiger partial charge on any atom is -0.430 e. The average molecular weight is 665 g/mol. The molecular formula is C34H48Br2O3. The quantitative estimate of drug-likeness (QED) is 0.114. The summed E-state index contributed by atoms with van der Waals surface area (Å²) in [5.74, 6) is 3.95. The van der Waals surface area contributed by atoms with Crippen molar-refractivity contribution in [2.24, 2.45) is 34.5 Å². The van der Waals surface area contributed by atoms with Crippen LogP contribution in [0, 0.1) is 34.5 Å². The van der Waals surface area contributed by atoms with E-state index in [9.17, 15) is 4.79 Å². The lowest BCUT2D eigenvalue weighted by Gasteiger charge is -2.58. The summed E-state index contributed by atoms with van der Waals surface area (Å²) in [6.07, 6.45) is 21.7. The number of carbonyl (C=O) groups is 1. The van der Waals surface area contributed by atoms with E-state index >= 15 is 0 Å². The Morgan fingerprint density at radius 3 is 2.54 bits per heavy atom. The van der Waals surface area contributed by atoms with Gasteiger partial charge < -0.3 is 9.47 Å². The number of benzene rings is 1. The standard InChI is InChI=1S/C34H48Br2O3/c1-4-5-6-7-8-9-10-23-12-15-28-27-14-11-24-21-26(17-19-34(24,3)29(27)18-20-33(23,28)2)39-32(37)38-25-13-16-30(35)31(36)22-25/h11,13,16,22-23,26-29H,4-10,12,14-15,17-21H2,1-3H3/t23?,26-,27?,28?,29?,33+,34-/m0/s1. The maximum absolute atomic E-state index is 12.6. The SMILES string of the molecule is CCCCCCCCC1CCC2C3CC=C4C[C@@H](OC(=O)Oc5ccc(Br)c(Br)c5)CC[C@]4(C)C3CC[C@]12C. The second-order valence-electron chi connectivity index (χ2n) is 13.5. The van der Waals surface area contributed by atoms with Gasteiger partial charge in [-0.05, 0) is 136 Å². The van der Waals surface area contributed by atoms with Crippen molar-refractivity contribution in [3.8, 4) is 5.75 Å². The van der Waals surface area contributed by atoms with E-state index in [4.69, 9.17) is 9.47 Å². The lowest BCUT2D eigenvalue weighted by Crippen LogP contribution is -2.50. The van der Waals surface area contributed by atoms with Crippen molar-refractivity contribution < 1.29 is 14.3 Å². The molecule has 5 heteroatoms. The topological polar surface area (TPSA) is 35.5 Å². The molecule has 216 valence electrons. The Hall–Kier alpha value is -0.810. The van der Waals surface area contributed by atoms with E-state index in [0.717, 1.165) is 51.9 Å². The molecule has 4 unspecified atom stereocenters. The Labute approximate surface area is 253 Å². The third-order valence-electron chi connectivity index (χ3n) is 11.5. The number of fused-ring (bicyclic) bond motifs is 5.